The lowest BCUT2D eigenvalue weighted by molar-refractivity contribution is -0.119. The van der Waals surface area contributed by atoms with Gasteiger partial charge in [-0.2, -0.15) is 0 Å². The van der Waals surface area contributed by atoms with Crippen molar-refractivity contribution in [3.8, 4) is 0 Å². The number of hydrogen-bond acceptors (Lipinski definition) is 2. The summed E-state index contributed by atoms with van der Waals surface area (Å²) in [4.78, 5) is 11.7. The zero-order chi connectivity index (χ0) is 13.7. The summed E-state index contributed by atoms with van der Waals surface area (Å²) in [6, 6.07) is 6.25. The maximum atomic E-state index is 13.0. The van der Waals surface area contributed by atoms with Gasteiger partial charge in [0.1, 0.15) is 11.6 Å². The molecule has 1 amide bonds. The molecule has 0 saturated heterocycles. The number of halogens is 1. The number of hydrogen-bond donors (Lipinski definition) is 1. The Morgan fingerprint density at radius 2 is 2.11 bits per heavy atom. The van der Waals surface area contributed by atoms with Gasteiger partial charge < -0.3 is 5.32 Å². The van der Waals surface area contributed by atoms with Crippen LogP contribution in [0.3, 0.4) is 0 Å². The number of carbonyl (C=O) groups excluding carboxylic acids is 1. The predicted octanol–water partition coefficient (Wildman–Crippen LogP) is 2.13. The van der Waals surface area contributed by atoms with E-state index in [4.69, 9.17) is 0 Å². The van der Waals surface area contributed by atoms with Crippen LogP contribution in [-0.4, -0.2) is 21.9 Å². The fourth-order valence-electron chi connectivity index (χ4n) is 2.35. The number of benzene rings is 1. The molecule has 104 valence electrons. The molecule has 0 radical (unpaired) electrons. The van der Waals surface area contributed by atoms with Crippen LogP contribution in [-0.2, 0) is 21.3 Å². The summed E-state index contributed by atoms with van der Waals surface area (Å²) in [5, 5.41) is 2.90. The summed E-state index contributed by atoms with van der Waals surface area (Å²) in [7, 11) is -1.29. The monoisotopic (exact) mass is 283 g/mol. The molecule has 1 saturated carbocycles. The van der Waals surface area contributed by atoms with E-state index >= 15 is 0 Å². The molecule has 19 heavy (non-hydrogen) atoms. The van der Waals surface area contributed by atoms with Crippen LogP contribution in [0.4, 0.5) is 4.39 Å². The minimum atomic E-state index is -1.29. The third kappa shape index (κ3) is 4.74. The van der Waals surface area contributed by atoms with Gasteiger partial charge in [-0.15, -0.1) is 0 Å². The second-order valence-corrected chi connectivity index (χ2v) is 6.36. The Morgan fingerprint density at radius 1 is 1.37 bits per heavy atom. The quantitative estimate of drug-likeness (QED) is 0.900. The Hall–Kier alpha value is -1.23. The molecule has 1 atom stereocenters. The topological polar surface area (TPSA) is 46.2 Å². The number of nitrogens with one attached hydrogen (secondary N) is 1. The Kier molecular flexibility index (Phi) is 5.07. The van der Waals surface area contributed by atoms with Gasteiger partial charge in [0.25, 0.3) is 0 Å². The lowest BCUT2D eigenvalue weighted by atomic mass is 10.2. The Morgan fingerprint density at radius 3 is 2.79 bits per heavy atom. The van der Waals surface area contributed by atoms with Gasteiger partial charge in [0.2, 0.25) is 5.91 Å². The average Bonchev–Trinajstić information content (AvgIpc) is 2.81. The molecule has 0 aromatic heterocycles. The molecule has 1 aliphatic carbocycles. The fraction of sp³-hybridized carbons (Fsp3) is 0.500. The van der Waals surface area contributed by atoms with E-state index in [0.29, 0.717) is 5.56 Å². The summed E-state index contributed by atoms with van der Waals surface area (Å²) >= 11 is 0. The molecule has 2 rings (SSSR count). The molecule has 0 unspecified atom stereocenters. The van der Waals surface area contributed by atoms with Crippen molar-refractivity contribution in [1.29, 1.82) is 0 Å². The van der Waals surface area contributed by atoms with Crippen LogP contribution in [0.25, 0.3) is 0 Å². The third-order valence-electron chi connectivity index (χ3n) is 3.23. The van der Waals surface area contributed by atoms with E-state index in [1.807, 2.05) is 0 Å². The van der Waals surface area contributed by atoms with Gasteiger partial charge in [-0.05, 0) is 30.5 Å². The molecule has 1 fully saturated rings. The highest BCUT2D eigenvalue weighted by Gasteiger charge is 2.18. The molecule has 0 aliphatic heterocycles. The van der Waals surface area contributed by atoms with Crippen molar-refractivity contribution < 1.29 is 13.4 Å². The molecule has 0 bridgehead atoms. The molecule has 1 aliphatic rings. The molecule has 1 aromatic carbocycles. The van der Waals surface area contributed by atoms with Crippen molar-refractivity contribution in [2.45, 2.75) is 37.5 Å². The average molecular weight is 283 g/mol. The van der Waals surface area contributed by atoms with Crippen LogP contribution in [0.1, 0.15) is 31.2 Å². The van der Waals surface area contributed by atoms with E-state index in [-0.39, 0.29) is 29.3 Å². The molecule has 3 nitrogen and oxygen atoms in total. The first-order chi connectivity index (χ1) is 9.13. The van der Waals surface area contributed by atoms with Gasteiger partial charge in [-0.3, -0.25) is 9.00 Å². The van der Waals surface area contributed by atoms with Gasteiger partial charge in [0.15, 0.2) is 0 Å². The first-order valence-electron chi connectivity index (χ1n) is 6.52. The van der Waals surface area contributed by atoms with E-state index in [0.717, 1.165) is 25.7 Å². The third-order valence-corrected chi connectivity index (χ3v) is 4.47. The van der Waals surface area contributed by atoms with E-state index in [1.54, 1.807) is 12.1 Å². The highest BCUT2D eigenvalue weighted by atomic mass is 32.2. The Bertz CT molecular complexity index is 472. The SMILES string of the molecule is O=C(C[S@@](=O)Cc1cccc(F)c1)NC1CCCC1. The molecular formula is C14H18FNO2S. The van der Waals surface area contributed by atoms with Crippen molar-refractivity contribution >= 4 is 16.7 Å². The maximum Gasteiger partial charge on any atom is 0.232 e. The summed E-state index contributed by atoms with van der Waals surface area (Å²) in [6.45, 7) is 0. The van der Waals surface area contributed by atoms with Crippen LogP contribution in [0.5, 0.6) is 0 Å². The van der Waals surface area contributed by atoms with Crippen molar-refractivity contribution in [3.63, 3.8) is 0 Å². The first kappa shape index (κ1) is 14.2. The fourth-order valence-corrected chi connectivity index (χ4v) is 3.38. The van der Waals surface area contributed by atoms with Crippen molar-refractivity contribution in [2.75, 3.05) is 5.75 Å². The standard InChI is InChI=1S/C14H18FNO2S/c15-12-5-3-4-11(8-12)9-19(18)10-14(17)16-13-6-1-2-7-13/h3-5,8,13H,1-2,6-7,9-10H2,(H,16,17)/t19-/m0/s1. The lowest BCUT2D eigenvalue weighted by Gasteiger charge is -2.11. The van der Waals surface area contributed by atoms with Gasteiger partial charge in [0.05, 0.1) is 0 Å². The second-order valence-electron chi connectivity index (χ2n) is 4.91. The summed E-state index contributed by atoms with van der Waals surface area (Å²) in [6.07, 6.45) is 4.33. The molecule has 1 aromatic rings. The van der Waals surface area contributed by atoms with Crippen molar-refractivity contribution in [2.24, 2.45) is 0 Å². The summed E-state index contributed by atoms with van der Waals surface area (Å²) in [5.74, 6) is -0.297. The van der Waals surface area contributed by atoms with E-state index < -0.39 is 10.8 Å². The van der Waals surface area contributed by atoms with E-state index in [9.17, 15) is 13.4 Å². The minimum absolute atomic E-state index is 0.00693. The minimum Gasteiger partial charge on any atom is -0.353 e. The van der Waals surface area contributed by atoms with Crippen molar-refractivity contribution in [3.05, 3.63) is 35.6 Å². The highest BCUT2D eigenvalue weighted by Crippen LogP contribution is 2.17. The first-order valence-corrected chi connectivity index (χ1v) is 8.01. The Balaban J connectivity index is 1.78. The molecular weight excluding hydrogens is 265 g/mol. The zero-order valence-electron chi connectivity index (χ0n) is 10.7. The largest absolute Gasteiger partial charge is 0.353 e. The smallest absolute Gasteiger partial charge is 0.232 e. The van der Waals surface area contributed by atoms with E-state index in [1.165, 1.54) is 12.1 Å². The molecule has 1 N–H and O–H groups in total. The van der Waals surface area contributed by atoms with Gasteiger partial charge in [0, 0.05) is 22.6 Å². The van der Waals surface area contributed by atoms with Crippen LogP contribution >= 0.6 is 0 Å². The molecule has 0 heterocycles. The van der Waals surface area contributed by atoms with Crippen LogP contribution in [0, 0.1) is 5.82 Å². The normalized spacial score (nSPS) is 17.3. The van der Waals surface area contributed by atoms with E-state index in [2.05, 4.69) is 5.32 Å². The number of amides is 1. The number of rotatable bonds is 5. The van der Waals surface area contributed by atoms with Gasteiger partial charge in [-0.25, -0.2) is 4.39 Å². The maximum absolute atomic E-state index is 13.0. The lowest BCUT2D eigenvalue weighted by Crippen LogP contribution is -2.35. The molecule has 5 heteroatoms. The highest BCUT2D eigenvalue weighted by molar-refractivity contribution is 7.84. The summed E-state index contributed by atoms with van der Waals surface area (Å²) < 4.78 is 24.8. The number of carbonyl (C=O) groups is 1. The second kappa shape index (κ2) is 6.80. The van der Waals surface area contributed by atoms with Crippen LogP contribution in [0.2, 0.25) is 0 Å². The predicted molar refractivity (Wildman–Crippen MR) is 73.5 cm³/mol. The zero-order valence-corrected chi connectivity index (χ0v) is 11.5. The van der Waals surface area contributed by atoms with Gasteiger partial charge in [-0.1, -0.05) is 25.0 Å². The van der Waals surface area contributed by atoms with Crippen molar-refractivity contribution in [1.82, 2.24) is 5.32 Å². The Labute approximate surface area is 115 Å². The summed E-state index contributed by atoms with van der Waals surface area (Å²) in [5.41, 5.74) is 0.659. The molecule has 0 spiro atoms. The van der Waals surface area contributed by atoms with Crippen LogP contribution < -0.4 is 5.32 Å². The van der Waals surface area contributed by atoms with Gasteiger partial charge >= 0.3 is 0 Å². The van der Waals surface area contributed by atoms with Crippen LogP contribution in [0.15, 0.2) is 24.3 Å².